The average Bonchev–Trinajstić information content (AvgIpc) is 3.57. The third-order valence-electron chi connectivity index (χ3n) is 6.21. The van der Waals surface area contributed by atoms with Crippen LogP contribution in [0.4, 0.5) is 0 Å². The van der Waals surface area contributed by atoms with Crippen molar-refractivity contribution in [2.45, 2.75) is 47.8 Å². The number of benzene rings is 2. The molecule has 4 N–H and O–H groups in total. The number of aromatic nitrogens is 5. The second-order valence-electron chi connectivity index (χ2n) is 8.40. The number of sulfonamides is 1. The molecule has 5 rings (SSSR count). The van der Waals surface area contributed by atoms with Gasteiger partial charge in [0.05, 0.1) is 30.9 Å². The highest BCUT2D eigenvalue weighted by atomic mass is 32.2. The van der Waals surface area contributed by atoms with Crippen LogP contribution in [0.1, 0.15) is 24.8 Å². The van der Waals surface area contributed by atoms with E-state index in [1.54, 1.807) is 12.1 Å². The second kappa shape index (κ2) is 8.71. The van der Waals surface area contributed by atoms with Crippen molar-refractivity contribution in [1.29, 1.82) is 0 Å². The molecule has 11 nitrogen and oxygen atoms in total. The van der Waals surface area contributed by atoms with E-state index in [0.29, 0.717) is 23.1 Å². The Bertz CT molecular complexity index is 1630. The van der Waals surface area contributed by atoms with E-state index in [1.807, 2.05) is 26.0 Å². The third-order valence-corrected chi connectivity index (χ3v) is 10.5. The molecule has 0 bridgehead atoms. The molecule has 14 heteroatoms. The van der Waals surface area contributed by atoms with Crippen molar-refractivity contribution in [1.82, 2.24) is 30.9 Å². The molecule has 2 aromatic heterocycles. The number of nitrogens with zero attached hydrogens (tertiary/aromatic N) is 4. The Hall–Kier alpha value is -2.78. The topological polar surface area (TPSA) is 174 Å². The SMILES string of the molecule is CC[C@@H]1C[C@@H](S(=O)(=O)c2ccc(-c3cccc4sc(C)nc34)c(-c3nn[nH]n3)c2S(N)(=O)=O)CN1. The molecule has 2 aromatic carbocycles. The van der Waals surface area contributed by atoms with Gasteiger partial charge in [-0.25, -0.2) is 27.0 Å². The number of primary sulfonamides is 1. The number of nitrogens with one attached hydrogen (secondary N) is 2. The molecule has 0 radical (unpaired) electrons. The van der Waals surface area contributed by atoms with Crippen molar-refractivity contribution in [2.24, 2.45) is 5.14 Å². The van der Waals surface area contributed by atoms with Crippen LogP contribution in [0, 0.1) is 6.92 Å². The summed E-state index contributed by atoms with van der Waals surface area (Å²) in [4.78, 5) is 3.69. The van der Waals surface area contributed by atoms with Gasteiger partial charge in [0.1, 0.15) is 4.90 Å². The van der Waals surface area contributed by atoms with Gasteiger partial charge in [0.2, 0.25) is 15.8 Å². The molecule has 0 spiro atoms. The summed E-state index contributed by atoms with van der Waals surface area (Å²) in [5.41, 5.74) is 1.62. The molecule has 0 unspecified atom stereocenters. The molecule has 3 heterocycles. The zero-order chi connectivity index (χ0) is 25.0. The molecular weight excluding hydrogens is 510 g/mol. The lowest BCUT2D eigenvalue weighted by atomic mass is 9.98. The lowest BCUT2D eigenvalue weighted by molar-refractivity contribution is 0.568. The van der Waals surface area contributed by atoms with Crippen molar-refractivity contribution in [3.63, 3.8) is 0 Å². The van der Waals surface area contributed by atoms with E-state index in [2.05, 4.69) is 30.9 Å². The highest BCUT2D eigenvalue weighted by Gasteiger charge is 2.39. The standard InChI is InChI=1S/C21H23N7O4S3/c1-3-12-9-13(10-23-12)34(29,30)17-8-7-14(15-5-4-6-16-19(15)24-11(2)33-16)18(20(17)35(22,31)32)21-25-27-28-26-21/h4-8,12-13,23H,3,9-10H2,1-2H3,(H2,22,31,32)(H,25,26,27,28)/t12-,13-/m1/s1. The van der Waals surface area contributed by atoms with Crippen LogP contribution >= 0.6 is 11.3 Å². The minimum absolute atomic E-state index is 0.0292. The number of tetrazole rings is 1. The predicted molar refractivity (Wildman–Crippen MR) is 132 cm³/mol. The van der Waals surface area contributed by atoms with E-state index in [-0.39, 0.29) is 28.9 Å². The number of fused-ring (bicyclic) bond motifs is 1. The summed E-state index contributed by atoms with van der Waals surface area (Å²) in [6.45, 7) is 4.06. The van der Waals surface area contributed by atoms with Gasteiger partial charge in [-0.15, -0.1) is 21.5 Å². The monoisotopic (exact) mass is 533 g/mol. The molecule has 1 saturated heterocycles. The highest BCUT2D eigenvalue weighted by Crippen LogP contribution is 2.42. The molecule has 35 heavy (non-hydrogen) atoms. The Labute approximate surface area is 206 Å². The Morgan fingerprint density at radius 3 is 2.60 bits per heavy atom. The molecule has 1 aliphatic heterocycles. The lowest BCUT2D eigenvalue weighted by Gasteiger charge is -2.18. The lowest BCUT2D eigenvalue weighted by Crippen LogP contribution is -2.27. The quantitative estimate of drug-likeness (QED) is 0.335. The summed E-state index contributed by atoms with van der Waals surface area (Å²) < 4.78 is 54.3. The summed E-state index contributed by atoms with van der Waals surface area (Å²) in [5, 5.41) is 22.8. The van der Waals surface area contributed by atoms with E-state index in [1.165, 1.54) is 17.4 Å². The molecular formula is C21H23N7O4S3. The van der Waals surface area contributed by atoms with Gasteiger partial charge in [-0.1, -0.05) is 25.1 Å². The predicted octanol–water partition coefficient (Wildman–Crippen LogP) is 2.01. The van der Waals surface area contributed by atoms with Crippen LogP contribution in [0.5, 0.6) is 0 Å². The number of hydrogen-bond donors (Lipinski definition) is 3. The van der Waals surface area contributed by atoms with Crippen LogP contribution in [0.25, 0.3) is 32.7 Å². The highest BCUT2D eigenvalue weighted by molar-refractivity contribution is 7.94. The summed E-state index contributed by atoms with van der Waals surface area (Å²) >= 11 is 1.49. The molecule has 0 saturated carbocycles. The molecule has 1 fully saturated rings. The molecule has 2 atom stereocenters. The normalized spacial score (nSPS) is 18.9. The van der Waals surface area contributed by atoms with E-state index in [9.17, 15) is 16.8 Å². The van der Waals surface area contributed by atoms with Gasteiger partial charge in [0.25, 0.3) is 0 Å². The zero-order valence-electron chi connectivity index (χ0n) is 18.9. The Balaban J connectivity index is 1.84. The zero-order valence-corrected chi connectivity index (χ0v) is 21.3. The second-order valence-corrected chi connectivity index (χ2v) is 13.3. The molecule has 0 aliphatic carbocycles. The van der Waals surface area contributed by atoms with Crippen molar-refractivity contribution in [3.05, 3.63) is 35.3 Å². The minimum atomic E-state index is -4.54. The number of aryl methyl sites for hydroxylation is 1. The van der Waals surface area contributed by atoms with Crippen LogP contribution in [0.3, 0.4) is 0 Å². The van der Waals surface area contributed by atoms with Crippen LogP contribution in [-0.2, 0) is 19.9 Å². The number of H-pyrrole nitrogens is 1. The number of para-hydroxylation sites is 1. The minimum Gasteiger partial charge on any atom is -0.313 e. The number of nitrogens with two attached hydrogens (primary N) is 1. The molecule has 0 amide bonds. The first-order chi connectivity index (χ1) is 16.6. The van der Waals surface area contributed by atoms with Gasteiger partial charge >= 0.3 is 0 Å². The first kappa shape index (κ1) is 23.9. The van der Waals surface area contributed by atoms with Gasteiger partial charge in [-0.2, -0.15) is 5.21 Å². The van der Waals surface area contributed by atoms with Gasteiger partial charge in [-0.05, 0) is 42.7 Å². The van der Waals surface area contributed by atoms with Gasteiger partial charge < -0.3 is 5.32 Å². The number of rotatable bonds is 6. The van der Waals surface area contributed by atoms with Gasteiger partial charge in [0.15, 0.2) is 9.84 Å². The number of sulfone groups is 1. The first-order valence-electron chi connectivity index (χ1n) is 10.9. The van der Waals surface area contributed by atoms with Crippen LogP contribution in [0.2, 0.25) is 0 Å². The van der Waals surface area contributed by atoms with Crippen molar-refractivity contribution >= 4 is 41.4 Å². The Morgan fingerprint density at radius 1 is 1.14 bits per heavy atom. The fourth-order valence-electron chi connectivity index (χ4n) is 4.57. The van der Waals surface area contributed by atoms with Crippen molar-refractivity contribution in [2.75, 3.05) is 6.54 Å². The summed E-state index contributed by atoms with van der Waals surface area (Å²) in [5.74, 6) is -0.0824. The van der Waals surface area contributed by atoms with E-state index < -0.39 is 30.0 Å². The van der Waals surface area contributed by atoms with Gasteiger partial charge in [0, 0.05) is 18.2 Å². The van der Waals surface area contributed by atoms with Crippen molar-refractivity contribution in [3.8, 4) is 22.5 Å². The number of aromatic amines is 1. The maximum atomic E-state index is 13.7. The fraction of sp³-hybridized carbons (Fsp3) is 0.333. The van der Waals surface area contributed by atoms with E-state index in [4.69, 9.17) is 5.14 Å². The Kier molecular flexibility index (Phi) is 5.96. The summed E-state index contributed by atoms with van der Waals surface area (Å²) in [6, 6.07) is 8.43. The smallest absolute Gasteiger partial charge is 0.240 e. The van der Waals surface area contributed by atoms with Crippen LogP contribution in [0.15, 0.2) is 40.1 Å². The first-order valence-corrected chi connectivity index (χ1v) is 14.8. The van der Waals surface area contributed by atoms with E-state index >= 15 is 0 Å². The number of thiazole rings is 1. The summed E-state index contributed by atoms with van der Waals surface area (Å²) in [6.07, 6.45) is 1.14. The van der Waals surface area contributed by atoms with Crippen LogP contribution in [-0.4, -0.2) is 60.3 Å². The third kappa shape index (κ3) is 4.14. The Morgan fingerprint density at radius 2 is 1.94 bits per heavy atom. The fourth-order valence-corrected chi connectivity index (χ4v) is 8.73. The maximum Gasteiger partial charge on any atom is 0.240 e. The summed E-state index contributed by atoms with van der Waals surface area (Å²) in [7, 11) is -8.61. The molecule has 1 aliphatic rings. The van der Waals surface area contributed by atoms with Crippen molar-refractivity contribution < 1.29 is 16.8 Å². The largest absolute Gasteiger partial charge is 0.313 e. The van der Waals surface area contributed by atoms with Crippen LogP contribution < -0.4 is 10.5 Å². The molecule has 184 valence electrons. The van der Waals surface area contributed by atoms with E-state index in [0.717, 1.165) is 16.1 Å². The average molecular weight is 534 g/mol. The van der Waals surface area contributed by atoms with Gasteiger partial charge in [-0.3, -0.25) is 0 Å². The molecule has 4 aromatic rings. The number of hydrogen-bond acceptors (Lipinski definition) is 10. The maximum absolute atomic E-state index is 13.7.